The van der Waals surface area contributed by atoms with E-state index in [1.807, 2.05) is 19.9 Å². The number of nitrogens with one attached hydrogen (secondary N) is 4. The summed E-state index contributed by atoms with van der Waals surface area (Å²) in [7, 11) is 0. The van der Waals surface area contributed by atoms with Gasteiger partial charge in [0, 0.05) is 12.8 Å². The third-order valence-electron chi connectivity index (χ3n) is 7.39. The molecule has 0 saturated carbocycles. The van der Waals surface area contributed by atoms with Gasteiger partial charge in [0.15, 0.2) is 0 Å². The summed E-state index contributed by atoms with van der Waals surface area (Å²) >= 11 is 0. The van der Waals surface area contributed by atoms with Crippen molar-refractivity contribution in [3.05, 3.63) is 65.7 Å². The Morgan fingerprint density at radius 3 is 2.00 bits per heavy atom. The van der Waals surface area contributed by atoms with Crippen LogP contribution in [-0.4, -0.2) is 65.4 Å². The molecule has 0 spiro atoms. The molecular formula is C32H46N6O6. The van der Waals surface area contributed by atoms with Gasteiger partial charge in [-0.2, -0.15) is 0 Å². The normalized spacial score (nSPS) is 14.3. The molecule has 2 aromatic carbocycles. The van der Waals surface area contributed by atoms with E-state index >= 15 is 0 Å². The first-order valence-corrected chi connectivity index (χ1v) is 15.0. The molecule has 0 aliphatic heterocycles. The number of aromatic hydroxyl groups is 1. The molecule has 0 bridgehead atoms. The average molecular weight is 611 g/mol. The van der Waals surface area contributed by atoms with Crippen LogP contribution in [0.2, 0.25) is 0 Å². The van der Waals surface area contributed by atoms with Gasteiger partial charge in [-0.25, -0.2) is 0 Å². The molecule has 44 heavy (non-hydrogen) atoms. The number of carbonyl (C=O) groups excluding carboxylic acids is 5. The summed E-state index contributed by atoms with van der Waals surface area (Å²) in [5.41, 5.74) is 13.0. The van der Waals surface area contributed by atoms with E-state index in [2.05, 4.69) is 21.3 Å². The van der Waals surface area contributed by atoms with Crippen molar-refractivity contribution >= 4 is 29.5 Å². The van der Waals surface area contributed by atoms with Gasteiger partial charge in [0.2, 0.25) is 29.5 Å². The molecule has 0 aliphatic carbocycles. The molecule has 0 unspecified atom stereocenters. The number of unbranched alkanes of at least 4 members (excludes halogenated alkanes) is 1. The predicted octanol–water partition coefficient (Wildman–Crippen LogP) is 0.797. The second kappa shape index (κ2) is 18.3. The Morgan fingerprint density at radius 2 is 1.41 bits per heavy atom. The van der Waals surface area contributed by atoms with E-state index in [1.165, 1.54) is 12.1 Å². The molecule has 5 amide bonds. The van der Waals surface area contributed by atoms with E-state index in [4.69, 9.17) is 11.5 Å². The van der Waals surface area contributed by atoms with Gasteiger partial charge in [0.05, 0.1) is 12.6 Å². The summed E-state index contributed by atoms with van der Waals surface area (Å²) in [6, 6.07) is 11.4. The van der Waals surface area contributed by atoms with Crippen LogP contribution in [0.4, 0.5) is 0 Å². The fraction of sp³-hybridized carbons (Fsp3) is 0.469. The Balaban J connectivity index is 2.11. The van der Waals surface area contributed by atoms with Crippen LogP contribution in [0.25, 0.3) is 0 Å². The molecule has 12 nitrogen and oxygen atoms in total. The maximum absolute atomic E-state index is 13.5. The van der Waals surface area contributed by atoms with Crippen LogP contribution in [0.1, 0.15) is 57.6 Å². The first-order chi connectivity index (χ1) is 20.9. The lowest BCUT2D eigenvalue weighted by Gasteiger charge is -2.27. The van der Waals surface area contributed by atoms with Gasteiger partial charge in [0.25, 0.3) is 0 Å². The summed E-state index contributed by atoms with van der Waals surface area (Å²) in [6.07, 6.45) is 2.88. The average Bonchev–Trinajstić information content (AvgIpc) is 3.01. The quantitative estimate of drug-likeness (QED) is 0.129. The number of benzene rings is 2. The highest BCUT2D eigenvalue weighted by atomic mass is 16.3. The molecule has 240 valence electrons. The van der Waals surface area contributed by atoms with Crippen molar-refractivity contribution in [2.45, 2.75) is 83.5 Å². The molecule has 0 fully saturated rings. The zero-order chi connectivity index (χ0) is 32.6. The minimum Gasteiger partial charge on any atom is -0.508 e. The number of phenolic OH excluding ortho intramolecular Hbond substituents is 1. The minimum absolute atomic E-state index is 0.0557. The van der Waals surface area contributed by atoms with Crippen molar-refractivity contribution < 1.29 is 29.1 Å². The molecule has 2 aromatic rings. The zero-order valence-electron chi connectivity index (χ0n) is 25.7. The molecule has 9 N–H and O–H groups in total. The van der Waals surface area contributed by atoms with Crippen LogP contribution in [0.15, 0.2) is 54.6 Å². The van der Waals surface area contributed by atoms with Crippen molar-refractivity contribution in [1.29, 1.82) is 0 Å². The molecule has 12 heteroatoms. The highest BCUT2D eigenvalue weighted by molar-refractivity contribution is 5.95. The first-order valence-electron chi connectivity index (χ1n) is 15.0. The van der Waals surface area contributed by atoms with Crippen molar-refractivity contribution in [3.8, 4) is 5.75 Å². The summed E-state index contributed by atoms with van der Waals surface area (Å²) in [5.74, 6) is -3.29. The molecule has 0 aromatic heterocycles. The Kier molecular flexibility index (Phi) is 14.8. The monoisotopic (exact) mass is 610 g/mol. The van der Waals surface area contributed by atoms with Crippen LogP contribution in [0.5, 0.6) is 5.75 Å². The third-order valence-corrected chi connectivity index (χ3v) is 7.39. The second-order valence-corrected chi connectivity index (χ2v) is 11.0. The first kappa shape index (κ1) is 35.7. The van der Waals surface area contributed by atoms with E-state index in [-0.39, 0.29) is 24.5 Å². The largest absolute Gasteiger partial charge is 0.508 e. The summed E-state index contributed by atoms with van der Waals surface area (Å²) < 4.78 is 0. The van der Waals surface area contributed by atoms with Crippen molar-refractivity contribution in [2.24, 2.45) is 17.4 Å². The molecule has 0 saturated heterocycles. The highest BCUT2D eigenvalue weighted by Crippen LogP contribution is 2.13. The van der Waals surface area contributed by atoms with Crippen LogP contribution in [0, 0.1) is 5.92 Å². The number of nitrogens with two attached hydrogens (primary N) is 2. The van der Waals surface area contributed by atoms with Crippen LogP contribution >= 0.6 is 0 Å². The Labute approximate surface area is 258 Å². The van der Waals surface area contributed by atoms with E-state index < -0.39 is 60.2 Å². The zero-order valence-corrected chi connectivity index (χ0v) is 25.7. The number of amides is 5. The summed E-state index contributed by atoms with van der Waals surface area (Å²) in [6.45, 7) is 5.17. The fourth-order valence-corrected chi connectivity index (χ4v) is 4.46. The van der Waals surface area contributed by atoms with E-state index in [9.17, 15) is 29.1 Å². The predicted molar refractivity (Wildman–Crippen MR) is 167 cm³/mol. The number of primary amides is 1. The van der Waals surface area contributed by atoms with Gasteiger partial charge in [-0.15, -0.1) is 0 Å². The highest BCUT2D eigenvalue weighted by Gasteiger charge is 2.31. The Morgan fingerprint density at radius 1 is 0.795 bits per heavy atom. The Hall–Kier alpha value is -4.45. The number of rotatable bonds is 18. The van der Waals surface area contributed by atoms with E-state index in [1.54, 1.807) is 43.3 Å². The minimum atomic E-state index is -1.06. The molecule has 0 aliphatic rings. The van der Waals surface area contributed by atoms with Gasteiger partial charge in [-0.1, -0.05) is 82.5 Å². The molecule has 0 radical (unpaired) electrons. The third kappa shape index (κ3) is 12.0. The summed E-state index contributed by atoms with van der Waals surface area (Å²) in [5, 5.41) is 20.2. The van der Waals surface area contributed by atoms with Crippen molar-refractivity contribution in [1.82, 2.24) is 21.3 Å². The van der Waals surface area contributed by atoms with Gasteiger partial charge in [-0.05, 0) is 35.6 Å². The molecular weight excluding hydrogens is 564 g/mol. The number of carbonyl (C=O) groups is 5. The van der Waals surface area contributed by atoms with Crippen LogP contribution < -0.4 is 32.7 Å². The second-order valence-electron chi connectivity index (χ2n) is 11.0. The van der Waals surface area contributed by atoms with Crippen LogP contribution in [0.3, 0.4) is 0 Å². The van der Waals surface area contributed by atoms with Crippen molar-refractivity contribution in [2.75, 3.05) is 6.54 Å². The fourth-order valence-electron chi connectivity index (χ4n) is 4.46. The smallest absolute Gasteiger partial charge is 0.243 e. The lowest BCUT2D eigenvalue weighted by Crippen LogP contribution is -2.58. The molecule has 2 rings (SSSR count). The maximum atomic E-state index is 13.5. The maximum Gasteiger partial charge on any atom is 0.243 e. The van der Waals surface area contributed by atoms with E-state index in [0.29, 0.717) is 18.4 Å². The van der Waals surface area contributed by atoms with Gasteiger partial charge in [0.1, 0.15) is 23.9 Å². The number of phenols is 1. The van der Waals surface area contributed by atoms with E-state index in [0.717, 1.165) is 18.4 Å². The topological polar surface area (TPSA) is 206 Å². The van der Waals surface area contributed by atoms with Gasteiger partial charge in [-0.3, -0.25) is 24.0 Å². The lowest BCUT2D eigenvalue weighted by atomic mass is 9.97. The SMILES string of the molecule is CCCC[C@H](N)C(=O)N[C@@H](Cc1ccc(O)cc1)C(=O)N[C@H](C(=O)NCC(=O)N[C@@H](Cc1ccccc1)C(N)=O)[C@@H](C)CC. The molecule has 0 heterocycles. The standard InChI is InChI=1S/C32H46N6O6/c1-4-6-12-24(33)30(42)37-26(18-22-13-15-23(39)16-14-22)31(43)38-28(20(3)5-2)32(44)35-19-27(40)36-25(29(34)41)17-21-10-8-7-9-11-21/h7-11,13-16,20,24-26,28,39H,4-6,12,17-19,33H2,1-3H3,(H2,34,41)(H,35,44)(H,36,40)(H,37,42)(H,38,43)/t20-,24-,25-,26-,28-/m0/s1. The van der Waals surface area contributed by atoms with Gasteiger partial charge >= 0.3 is 0 Å². The van der Waals surface area contributed by atoms with Crippen molar-refractivity contribution in [3.63, 3.8) is 0 Å². The lowest BCUT2D eigenvalue weighted by molar-refractivity contribution is -0.134. The van der Waals surface area contributed by atoms with Gasteiger partial charge < -0.3 is 37.8 Å². The number of hydrogen-bond donors (Lipinski definition) is 7. The Bertz CT molecular complexity index is 1240. The summed E-state index contributed by atoms with van der Waals surface area (Å²) in [4.78, 5) is 64.2. The number of hydrogen-bond acceptors (Lipinski definition) is 7. The molecule has 5 atom stereocenters. The van der Waals surface area contributed by atoms with Crippen LogP contribution in [-0.2, 0) is 36.8 Å².